The topological polar surface area (TPSA) is 47.9 Å². The predicted octanol–water partition coefficient (Wildman–Crippen LogP) is 5.18. The van der Waals surface area contributed by atoms with E-state index in [1.54, 1.807) is 0 Å². The lowest BCUT2D eigenvalue weighted by Crippen LogP contribution is -2.39. The number of benzene rings is 1. The molecule has 0 radical (unpaired) electrons. The Labute approximate surface area is 169 Å². The molecular weight excluding hydrogens is 352 g/mol. The van der Waals surface area contributed by atoms with Crippen molar-refractivity contribution < 1.29 is 19.3 Å². The largest absolute Gasteiger partial charge is 0.494 e. The molecule has 2 aliphatic carbocycles. The lowest BCUT2D eigenvalue weighted by Gasteiger charge is -2.43. The standard InChI is InChI=1S/C24H36O4/c1-2-3-16-26-22-6-4-21(5-7-22)23(25)12-8-19(9-13-23)20-10-14-24(15-11-20)27-17-18-28-24/h4-7,19-20,25H,2-3,8-18H2,1H3. The Balaban J connectivity index is 1.28. The van der Waals surface area contributed by atoms with Crippen LogP contribution in [-0.2, 0) is 15.1 Å². The summed E-state index contributed by atoms with van der Waals surface area (Å²) in [6.45, 7) is 4.44. The molecule has 1 aromatic carbocycles. The summed E-state index contributed by atoms with van der Waals surface area (Å²) in [7, 11) is 0. The minimum Gasteiger partial charge on any atom is -0.494 e. The molecule has 0 aromatic heterocycles. The summed E-state index contributed by atoms with van der Waals surface area (Å²) in [4.78, 5) is 0. The molecule has 1 aromatic rings. The molecule has 1 heterocycles. The maximum absolute atomic E-state index is 11.3. The Hall–Kier alpha value is -1.10. The summed E-state index contributed by atoms with van der Waals surface area (Å²) >= 11 is 0. The maximum Gasteiger partial charge on any atom is 0.168 e. The van der Waals surface area contributed by atoms with E-state index in [0.717, 1.165) is 94.3 Å². The second-order valence-corrected chi connectivity index (χ2v) is 9.04. The van der Waals surface area contributed by atoms with Crippen LogP contribution >= 0.6 is 0 Å². The van der Waals surface area contributed by atoms with Crippen LogP contribution in [0, 0.1) is 11.8 Å². The summed E-state index contributed by atoms with van der Waals surface area (Å²) in [5.41, 5.74) is 0.371. The number of rotatable bonds is 6. The summed E-state index contributed by atoms with van der Waals surface area (Å²) in [5.74, 6) is 2.14. The fraction of sp³-hybridized carbons (Fsp3) is 0.750. The molecule has 3 aliphatic rings. The highest BCUT2D eigenvalue weighted by Gasteiger charge is 2.44. The van der Waals surface area contributed by atoms with E-state index in [0.29, 0.717) is 0 Å². The van der Waals surface area contributed by atoms with E-state index in [2.05, 4.69) is 19.1 Å². The SMILES string of the molecule is CCCCOc1ccc(C2(O)CCC(C3CCC4(CC3)OCCO4)CC2)cc1. The van der Waals surface area contributed by atoms with Crippen LogP contribution in [0.25, 0.3) is 0 Å². The van der Waals surface area contributed by atoms with E-state index in [-0.39, 0.29) is 5.79 Å². The molecule has 4 rings (SSSR count). The van der Waals surface area contributed by atoms with Crippen molar-refractivity contribution in [2.24, 2.45) is 11.8 Å². The predicted molar refractivity (Wildman–Crippen MR) is 109 cm³/mol. The number of hydrogen-bond donors (Lipinski definition) is 1. The Morgan fingerprint density at radius 3 is 2.07 bits per heavy atom. The molecule has 3 fully saturated rings. The molecule has 0 atom stereocenters. The van der Waals surface area contributed by atoms with Gasteiger partial charge in [-0.3, -0.25) is 0 Å². The Bertz CT molecular complexity index is 602. The molecular formula is C24H36O4. The van der Waals surface area contributed by atoms with Crippen molar-refractivity contribution in [3.63, 3.8) is 0 Å². The molecule has 4 nitrogen and oxygen atoms in total. The fourth-order valence-electron chi connectivity index (χ4n) is 5.41. The van der Waals surface area contributed by atoms with Crippen LogP contribution < -0.4 is 4.74 Å². The summed E-state index contributed by atoms with van der Waals surface area (Å²) in [6.07, 6.45) is 10.7. The molecule has 0 bridgehead atoms. The van der Waals surface area contributed by atoms with Crippen molar-refractivity contribution in [2.75, 3.05) is 19.8 Å². The van der Waals surface area contributed by atoms with E-state index in [1.807, 2.05) is 12.1 Å². The zero-order chi connectivity index (χ0) is 19.5. The second-order valence-electron chi connectivity index (χ2n) is 9.04. The van der Waals surface area contributed by atoms with E-state index in [4.69, 9.17) is 14.2 Å². The van der Waals surface area contributed by atoms with Crippen molar-refractivity contribution in [3.8, 4) is 5.75 Å². The summed E-state index contributed by atoms with van der Waals surface area (Å²) in [5, 5.41) is 11.3. The van der Waals surface area contributed by atoms with Gasteiger partial charge in [-0.05, 0) is 74.5 Å². The van der Waals surface area contributed by atoms with Gasteiger partial charge in [-0.2, -0.15) is 0 Å². The molecule has 28 heavy (non-hydrogen) atoms. The van der Waals surface area contributed by atoms with Gasteiger partial charge in [0.05, 0.1) is 25.4 Å². The van der Waals surface area contributed by atoms with Crippen LogP contribution in [0.2, 0.25) is 0 Å². The third-order valence-corrected chi connectivity index (χ3v) is 7.29. The molecule has 0 unspecified atom stereocenters. The summed E-state index contributed by atoms with van der Waals surface area (Å²) in [6, 6.07) is 8.13. The first-order chi connectivity index (χ1) is 13.6. The smallest absolute Gasteiger partial charge is 0.168 e. The van der Waals surface area contributed by atoms with E-state index >= 15 is 0 Å². The second kappa shape index (κ2) is 8.73. The minimum absolute atomic E-state index is 0.257. The quantitative estimate of drug-likeness (QED) is 0.683. The molecule has 4 heteroatoms. The van der Waals surface area contributed by atoms with Crippen LogP contribution in [0.1, 0.15) is 76.7 Å². The Morgan fingerprint density at radius 2 is 1.50 bits per heavy atom. The first kappa shape index (κ1) is 20.2. The van der Waals surface area contributed by atoms with Gasteiger partial charge in [0.1, 0.15) is 5.75 Å². The minimum atomic E-state index is -0.675. The molecule has 0 amide bonds. The number of unbranched alkanes of at least 4 members (excludes halogenated alkanes) is 1. The Morgan fingerprint density at radius 1 is 0.929 bits per heavy atom. The number of ether oxygens (including phenoxy) is 3. The van der Waals surface area contributed by atoms with Gasteiger partial charge in [0, 0.05) is 12.8 Å². The van der Waals surface area contributed by atoms with E-state index in [9.17, 15) is 5.11 Å². The van der Waals surface area contributed by atoms with Gasteiger partial charge in [0.25, 0.3) is 0 Å². The van der Waals surface area contributed by atoms with Gasteiger partial charge >= 0.3 is 0 Å². The molecule has 1 N–H and O–H groups in total. The highest BCUT2D eigenvalue weighted by molar-refractivity contribution is 5.31. The van der Waals surface area contributed by atoms with Crippen LogP contribution in [-0.4, -0.2) is 30.7 Å². The molecule has 1 aliphatic heterocycles. The lowest BCUT2D eigenvalue weighted by atomic mass is 9.67. The van der Waals surface area contributed by atoms with Crippen molar-refractivity contribution in [1.82, 2.24) is 0 Å². The van der Waals surface area contributed by atoms with Gasteiger partial charge < -0.3 is 19.3 Å². The van der Waals surface area contributed by atoms with Crippen molar-refractivity contribution in [1.29, 1.82) is 0 Å². The van der Waals surface area contributed by atoms with Crippen LogP contribution in [0.3, 0.4) is 0 Å². The normalized spacial score (nSPS) is 30.6. The van der Waals surface area contributed by atoms with Crippen molar-refractivity contribution >= 4 is 0 Å². The zero-order valence-corrected chi connectivity index (χ0v) is 17.3. The fourth-order valence-corrected chi connectivity index (χ4v) is 5.41. The number of hydrogen-bond acceptors (Lipinski definition) is 4. The monoisotopic (exact) mass is 388 g/mol. The third kappa shape index (κ3) is 4.39. The Kier molecular flexibility index (Phi) is 6.29. The first-order valence-corrected chi connectivity index (χ1v) is 11.4. The molecule has 156 valence electrons. The number of aliphatic hydroxyl groups is 1. The van der Waals surface area contributed by atoms with Crippen LogP contribution in [0.15, 0.2) is 24.3 Å². The van der Waals surface area contributed by atoms with Gasteiger partial charge in [-0.1, -0.05) is 25.5 Å². The first-order valence-electron chi connectivity index (χ1n) is 11.4. The van der Waals surface area contributed by atoms with Crippen LogP contribution in [0.5, 0.6) is 5.75 Å². The van der Waals surface area contributed by atoms with Gasteiger partial charge in [-0.15, -0.1) is 0 Å². The highest BCUT2D eigenvalue weighted by Crippen LogP contribution is 2.47. The molecule has 2 saturated carbocycles. The van der Waals surface area contributed by atoms with Gasteiger partial charge in [-0.25, -0.2) is 0 Å². The van der Waals surface area contributed by atoms with Crippen molar-refractivity contribution in [2.45, 2.75) is 82.5 Å². The average molecular weight is 389 g/mol. The van der Waals surface area contributed by atoms with E-state index < -0.39 is 5.60 Å². The lowest BCUT2D eigenvalue weighted by molar-refractivity contribution is -0.186. The van der Waals surface area contributed by atoms with Gasteiger partial charge in [0.2, 0.25) is 0 Å². The zero-order valence-electron chi connectivity index (χ0n) is 17.3. The average Bonchev–Trinajstić information content (AvgIpc) is 3.18. The maximum atomic E-state index is 11.3. The molecule has 1 spiro atoms. The summed E-state index contributed by atoms with van der Waals surface area (Å²) < 4.78 is 17.5. The van der Waals surface area contributed by atoms with Gasteiger partial charge in [0.15, 0.2) is 5.79 Å². The molecule has 1 saturated heterocycles. The highest BCUT2D eigenvalue weighted by atomic mass is 16.7. The van der Waals surface area contributed by atoms with Crippen molar-refractivity contribution in [3.05, 3.63) is 29.8 Å². The third-order valence-electron chi connectivity index (χ3n) is 7.29. The van der Waals surface area contributed by atoms with E-state index in [1.165, 1.54) is 12.8 Å². The van der Waals surface area contributed by atoms with Crippen LogP contribution in [0.4, 0.5) is 0 Å².